The quantitative estimate of drug-likeness (QED) is 0.0359. The maximum Gasteiger partial charge on any atom is 0.511 e. The van der Waals surface area contributed by atoms with Gasteiger partial charge < -0.3 is 35.6 Å². The summed E-state index contributed by atoms with van der Waals surface area (Å²) in [5.41, 5.74) is 7.79. The number of aromatic nitrogens is 1. The predicted octanol–water partition coefficient (Wildman–Crippen LogP) is 4.61. The number of nitrogens with zero attached hydrogens (tertiary/aromatic N) is 2. The molecule has 3 aromatic rings. The van der Waals surface area contributed by atoms with Gasteiger partial charge in [-0.25, -0.2) is 14.6 Å². The number of benzene rings is 2. The third kappa shape index (κ3) is 9.04. The number of oxime groups is 1. The summed E-state index contributed by atoms with van der Waals surface area (Å²) in [6.45, 7) is 8.42. The van der Waals surface area contributed by atoms with Crippen LogP contribution in [-0.2, 0) is 27.2 Å². The molecular weight excluding hydrogens is 620 g/mol. The summed E-state index contributed by atoms with van der Waals surface area (Å²) in [5.74, 6) is -1.59. The number of Topliss-reactive ketones (excluding diaryl/α,β-unsaturated/α-hetero) is 1. The lowest BCUT2D eigenvalue weighted by Gasteiger charge is -2.18. The molecule has 1 aliphatic rings. The van der Waals surface area contributed by atoms with Gasteiger partial charge in [0.15, 0.2) is 17.3 Å². The molecule has 252 valence electrons. The number of aliphatic hydroxyl groups is 1. The molecule has 0 saturated heterocycles. The standard InChI is InChI=1S/C35H38N4O9/c1-5-23-15-28(30(41)14-21-8-10-24(11-9-21)32(36)39-45)27(16-25(23)18-40)26-12-13-29(33(42)37-17-22-6-7-22)38-31(26)34(43)47-20(4)48-35(44)46-19(2)3/h5,8-13,15-16,19-20,22,40,45H,1,6-7,14,17-18H2,2-4H3,(H2,36,39)(H,37,42). The average Bonchev–Trinajstić information content (AvgIpc) is 3.90. The van der Waals surface area contributed by atoms with Gasteiger partial charge in [0, 0.05) is 36.6 Å². The molecule has 0 spiro atoms. The van der Waals surface area contributed by atoms with E-state index in [1.165, 1.54) is 25.1 Å². The van der Waals surface area contributed by atoms with Crippen LogP contribution in [0.4, 0.5) is 4.79 Å². The number of hydrogen-bond acceptors (Lipinski definition) is 11. The number of amidine groups is 1. The lowest BCUT2D eigenvalue weighted by Crippen LogP contribution is -2.28. The largest absolute Gasteiger partial charge is 0.511 e. The SMILES string of the molecule is C=Cc1cc(C(=O)Cc2ccc(/C(N)=N/O)cc2)c(-c2ccc(C(=O)NCC3CC3)nc2C(=O)OC(C)OC(=O)OC(C)C)cc1CO. The summed E-state index contributed by atoms with van der Waals surface area (Å²) in [6, 6.07) is 12.5. The minimum absolute atomic E-state index is 0.0668. The van der Waals surface area contributed by atoms with Crippen LogP contribution < -0.4 is 11.1 Å². The van der Waals surface area contributed by atoms with Gasteiger partial charge in [0.1, 0.15) is 5.69 Å². The molecule has 1 aromatic heterocycles. The van der Waals surface area contributed by atoms with E-state index >= 15 is 0 Å². The first-order chi connectivity index (χ1) is 22.9. The van der Waals surface area contributed by atoms with Crippen molar-refractivity contribution < 1.29 is 43.7 Å². The Bertz CT molecular complexity index is 1730. The van der Waals surface area contributed by atoms with E-state index in [0.717, 1.165) is 12.8 Å². The number of ether oxygens (including phenoxy) is 3. The zero-order chi connectivity index (χ0) is 35.0. The van der Waals surface area contributed by atoms with Crippen molar-refractivity contribution in [2.24, 2.45) is 16.8 Å². The summed E-state index contributed by atoms with van der Waals surface area (Å²) in [6.07, 6.45) is 0.537. The molecule has 13 nitrogen and oxygen atoms in total. The summed E-state index contributed by atoms with van der Waals surface area (Å²) < 4.78 is 15.4. The van der Waals surface area contributed by atoms with Crippen molar-refractivity contribution in [2.75, 3.05) is 6.54 Å². The fourth-order valence-electron chi connectivity index (χ4n) is 4.77. The summed E-state index contributed by atoms with van der Waals surface area (Å²) >= 11 is 0. The molecule has 48 heavy (non-hydrogen) atoms. The molecule has 1 aliphatic carbocycles. The first-order valence-corrected chi connectivity index (χ1v) is 15.3. The highest BCUT2D eigenvalue weighted by molar-refractivity contribution is 6.07. The molecule has 1 heterocycles. The number of hydrogen-bond donors (Lipinski definition) is 4. The van der Waals surface area contributed by atoms with Gasteiger partial charge in [0.25, 0.3) is 5.91 Å². The van der Waals surface area contributed by atoms with E-state index in [0.29, 0.717) is 34.7 Å². The second-order valence-electron chi connectivity index (χ2n) is 11.5. The fourth-order valence-corrected chi connectivity index (χ4v) is 4.77. The first-order valence-electron chi connectivity index (χ1n) is 15.3. The Labute approximate surface area is 277 Å². The fraction of sp³-hybridized carbons (Fsp3) is 0.314. The predicted molar refractivity (Wildman–Crippen MR) is 175 cm³/mol. The molecule has 13 heteroatoms. The Morgan fingerprint density at radius 3 is 2.35 bits per heavy atom. The number of esters is 1. The molecule has 1 unspecified atom stereocenters. The lowest BCUT2D eigenvalue weighted by molar-refractivity contribution is -0.0868. The van der Waals surface area contributed by atoms with Crippen LogP contribution in [-0.4, -0.2) is 63.9 Å². The van der Waals surface area contributed by atoms with Gasteiger partial charge in [-0.2, -0.15) is 0 Å². The average molecular weight is 659 g/mol. The van der Waals surface area contributed by atoms with Gasteiger partial charge in [-0.05, 0) is 79.1 Å². The maximum absolute atomic E-state index is 13.9. The molecule has 1 amide bonds. The normalized spacial score (nSPS) is 13.4. The number of rotatable bonds is 14. The number of nitrogens with one attached hydrogen (secondary N) is 1. The van der Waals surface area contributed by atoms with Crippen LogP contribution in [0.1, 0.15) is 87.2 Å². The van der Waals surface area contributed by atoms with E-state index in [2.05, 4.69) is 22.0 Å². The minimum Gasteiger partial charge on any atom is -0.431 e. The van der Waals surface area contributed by atoms with Crippen molar-refractivity contribution >= 4 is 35.7 Å². The van der Waals surface area contributed by atoms with Crippen molar-refractivity contribution in [3.8, 4) is 11.1 Å². The molecular formula is C35H38N4O9. The number of pyridine rings is 1. The summed E-state index contributed by atoms with van der Waals surface area (Å²) in [7, 11) is 0. The van der Waals surface area contributed by atoms with Gasteiger partial charge in [-0.15, -0.1) is 0 Å². The van der Waals surface area contributed by atoms with E-state index in [1.54, 1.807) is 50.2 Å². The second kappa shape index (κ2) is 15.8. The van der Waals surface area contributed by atoms with Crippen molar-refractivity contribution in [1.82, 2.24) is 10.3 Å². The molecule has 0 aliphatic heterocycles. The number of nitrogens with two attached hydrogens (primary N) is 1. The Morgan fingerprint density at radius 1 is 1.04 bits per heavy atom. The van der Waals surface area contributed by atoms with Crippen LogP contribution in [0.3, 0.4) is 0 Å². The number of aliphatic hydroxyl groups excluding tert-OH is 1. The zero-order valence-corrected chi connectivity index (χ0v) is 26.9. The molecule has 2 aromatic carbocycles. The van der Waals surface area contributed by atoms with E-state index < -0.39 is 37.0 Å². The molecule has 0 bridgehead atoms. The molecule has 4 rings (SSSR count). The number of ketones is 1. The highest BCUT2D eigenvalue weighted by Gasteiger charge is 2.27. The monoisotopic (exact) mass is 658 g/mol. The van der Waals surface area contributed by atoms with Gasteiger partial charge in [-0.1, -0.05) is 42.1 Å². The first kappa shape index (κ1) is 35.3. The van der Waals surface area contributed by atoms with Crippen molar-refractivity contribution in [2.45, 2.75) is 59.0 Å². The Morgan fingerprint density at radius 2 is 1.75 bits per heavy atom. The molecule has 0 radical (unpaired) electrons. The Kier molecular flexibility index (Phi) is 11.6. The smallest absolute Gasteiger partial charge is 0.431 e. The van der Waals surface area contributed by atoms with Crippen LogP contribution in [0, 0.1) is 5.92 Å². The van der Waals surface area contributed by atoms with Crippen molar-refractivity contribution in [3.63, 3.8) is 0 Å². The van der Waals surface area contributed by atoms with Crippen LogP contribution in [0.25, 0.3) is 17.2 Å². The minimum atomic E-state index is -1.39. The molecule has 1 saturated carbocycles. The zero-order valence-electron chi connectivity index (χ0n) is 26.9. The summed E-state index contributed by atoms with van der Waals surface area (Å²) in [5, 5.41) is 24.9. The van der Waals surface area contributed by atoms with E-state index in [-0.39, 0.29) is 46.1 Å². The van der Waals surface area contributed by atoms with Gasteiger partial charge in [0.2, 0.25) is 6.29 Å². The van der Waals surface area contributed by atoms with Crippen molar-refractivity contribution in [3.05, 3.63) is 94.3 Å². The number of carbonyl (C=O) groups is 4. The lowest BCUT2D eigenvalue weighted by atomic mass is 9.89. The highest BCUT2D eigenvalue weighted by Crippen LogP contribution is 2.32. The van der Waals surface area contributed by atoms with E-state index in [1.807, 2.05) is 0 Å². The molecule has 1 fully saturated rings. The van der Waals surface area contributed by atoms with Crippen LogP contribution in [0.5, 0.6) is 0 Å². The van der Waals surface area contributed by atoms with Gasteiger partial charge in [0.05, 0.1) is 12.7 Å². The van der Waals surface area contributed by atoms with E-state index in [9.17, 15) is 24.3 Å². The molecule has 5 N–H and O–H groups in total. The van der Waals surface area contributed by atoms with Crippen molar-refractivity contribution in [1.29, 1.82) is 0 Å². The van der Waals surface area contributed by atoms with Crippen LogP contribution in [0.2, 0.25) is 0 Å². The number of carbonyl (C=O) groups excluding carboxylic acids is 4. The van der Waals surface area contributed by atoms with Crippen LogP contribution in [0.15, 0.2) is 60.3 Å². The summed E-state index contributed by atoms with van der Waals surface area (Å²) in [4.78, 5) is 56.9. The van der Waals surface area contributed by atoms with E-state index in [4.69, 9.17) is 25.2 Å². The third-order valence-electron chi connectivity index (χ3n) is 7.42. The topological polar surface area (TPSA) is 200 Å². The molecule has 1 atom stereocenters. The Hall–Kier alpha value is -5.56. The van der Waals surface area contributed by atoms with Crippen LogP contribution >= 0.6 is 0 Å². The van der Waals surface area contributed by atoms with Gasteiger partial charge >= 0.3 is 12.1 Å². The maximum atomic E-state index is 13.9. The third-order valence-corrected chi connectivity index (χ3v) is 7.42. The second-order valence-corrected chi connectivity index (χ2v) is 11.5. The number of amides is 1. The Balaban J connectivity index is 1.77. The highest BCUT2D eigenvalue weighted by atomic mass is 16.8. The van der Waals surface area contributed by atoms with Gasteiger partial charge in [-0.3, -0.25) is 9.59 Å².